The summed E-state index contributed by atoms with van der Waals surface area (Å²) in [5.74, 6) is 0.818. The highest BCUT2D eigenvalue weighted by Gasteiger charge is 2.16. The molecule has 118 valence electrons. The lowest BCUT2D eigenvalue weighted by molar-refractivity contribution is 0.0955. The van der Waals surface area contributed by atoms with Gasteiger partial charge in [0, 0.05) is 13.1 Å². The topological polar surface area (TPSA) is 58.1 Å². The third kappa shape index (κ3) is 5.04. The van der Waals surface area contributed by atoms with Crippen molar-refractivity contribution in [2.45, 2.75) is 46.0 Å². The first-order valence-electron chi connectivity index (χ1n) is 8.02. The van der Waals surface area contributed by atoms with Gasteiger partial charge in [-0.25, -0.2) is 0 Å². The van der Waals surface area contributed by atoms with Crippen molar-refractivity contribution in [3.63, 3.8) is 0 Å². The maximum Gasteiger partial charge on any atom is 0.264 e. The fourth-order valence-electron chi connectivity index (χ4n) is 2.84. The number of carbonyl (C=O) groups excluding carboxylic acids is 1. The van der Waals surface area contributed by atoms with E-state index >= 15 is 0 Å². The molecule has 5 nitrogen and oxygen atoms in total. The van der Waals surface area contributed by atoms with Gasteiger partial charge in [-0.05, 0) is 62.6 Å². The van der Waals surface area contributed by atoms with E-state index in [1.807, 2.05) is 6.92 Å². The lowest BCUT2D eigenvalue weighted by Gasteiger charge is -2.30. The second-order valence-corrected chi connectivity index (χ2v) is 6.67. The molecule has 1 aliphatic heterocycles. The molecule has 0 radical (unpaired) electrons. The van der Waals surface area contributed by atoms with E-state index in [4.69, 9.17) is 0 Å². The molecular weight excluding hydrogens is 284 g/mol. The Kier molecular flexibility index (Phi) is 6.57. The highest BCUT2D eigenvalue weighted by atomic mass is 32.1. The van der Waals surface area contributed by atoms with Crippen LogP contribution in [0.4, 0.5) is 0 Å². The summed E-state index contributed by atoms with van der Waals surface area (Å²) in [6.45, 7) is 8.70. The molecule has 6 heteroatoms. The van der Waals surface area contributed by atoms with Crippen molar-refractivity contribution in [3.8, 4) is 0 Å². The van der Waals surface area contributed by atoms with Gasteiger partial charge in [-0.3, -0.25) is 4.79 Å². The van der Waals surface area contributed by atoms with Crippen molar-refractivity contribution >= 4 is 17.4 Å². The van der Waals surface area contributed by atoms with Crippen molar-refractivity contribution in [2.75, 3.05) is 26.2 Å². The molecule has 0 spiro atoms. The van der Waals surface area contributed by atoms with Gasteiger partial charge in [-0.2, -0.15) is 0 Å². The maximum atomic E-state index is 12.0. The van der Waals surface area contributed by atoms with Crippen LogP contribution in [0, 0.1) is 5.92 Å². The van der Waals surface area contributed by atoms with Crippen LogP contribution in [-0.4, -0.2) is 46.6 Å². The smallest absolute Gasteiger partial charge is 0.264 e. The SMILES string of the molecule is CCc1nnsc1C(=O)NCCCCN1CCCC(C)C1. The molecule has 0 aliphatic carbocycles. The van der Waals surface area contributed by atoms with E-state index < -0.39 is 0 Å². The lowest BCUT2D eigenvalue weighted by atomic mass is 10.0. The van der Waals surface area contributed by atoms with E-state index in [1.54, 1.807) is 0 Å². The van der Waals surface area contributed by atoms with Gasteiger partial charge in [0.15, 0.2) is 0 Å². The Bertz CT molecular complexity index is 449. The Morgan fingerprint density at radius 3 is 3.10 bits per heavy atom. The molecule has 1 unspecified atom stereocenters. The summed E-state index contributed by atoms with van der Waals surface area (Å²) in [4.78, 5) is 15.2. The largest absolute Gasteiger partial charge is 0.351 e. The predicted molar refractivity (Wildman–Crippen MR) is 85.7 cm³/mol. The lowest BCUT2D eigenvalue weighted by Crippen LogP contribution is -2.35. The number of unbranched alkanes of at least 4 members (excludes halogenated alkanes) is 1. The van der Waals surface area contributed by atoms with E-state index in [-0.39, 0.29) is 5.91 Å². The molecule has 21 heavy (non-hydrogen) atoms. The van der Waals surface area contributed by atoms with Crippen LogP contribution >= 0.6 is 11.5 Å². The van der Waals surface area contributed by atoms with Crippen LogP contribution in [0.2, 0.25) is 0 Å². The second kappa shape index (κ2) is 8.44. The number of piperidine rings is 1. The molecule has 1 amide bonds. The molecule has 2 rings (SSSR count). The van der Waals surface area contributed by atoms with Crippen LogP contribution in [0.25, 0.3) is 0 Å². The maximum absolute atomic E-state index is 12.0. The van der Waals surface area contributed by atoms with Crippen molar-refractivity contribution in [2.24, 2.45) is 5.92 Å². The fourth-order valence-corrected chi connectivity index (χ4v) is 3.51. The highest BCUT2D eigenvalue weighted by molar-refractivity contribution is 7.08. The first-order chi connectivity index (χ1) is 10.2. The average Bonchev–Trinajstić information content (AvgIpc) is 2.95. The molecule has 0 bridgehead atoms. The zero-order chi connectivity index (χ0) is 15.1. The van der Waals surface area contributed by atoms with E-state index in [0.717, 1.165) is 44.0 Å². The van der Waals surface area contributed by atoms with Crippen LogP contribution in [0.15, 0.2) is 0 Å². The van der Waals surface area contributed by atoms with E-state index in [1.165, 1.54) is 37.5 Å². The summed E-state index contributed by atoms with van der Waals surface area (Å²) in [5, 5.41) is 6.95. The van der Waals surface area contributed by atoms with Gasteiger partial charge in [0.2, 0.25) is 0 Å². The van der Waals surface area contributed by atoms with Crippen LogP contribution in [0.3, 0.4) is 0 Å². The molecule has 1 aromatic heterocycles. The molecule has 1 saturated heterocycles. The Balaban J connectivity index is 1.60. The minimum Gasteiger partial charge on any atom is -0.351 e. The Morgan fingerprint density at radius 1 is 1.48 bits per heavy atom. The van der Waals surface area contributed by atoms with E-state index in [9.17, 15) is 4.79 Å². The summed E-state index contributed by atoms with van der Waals surface area (Å²) < 4.78 is 3.85. The number of hydrogen-bond donors (Lipinski definition) is 1. The third-order valence-electron chi connectivity index (χ3n) is 4.02. The number of aryl methyl sites for hydroxylation is 1. The summed E-state index contributed by atoms with van der Waals surface area (Å²) in [6, 6.07) is 0. The minimum atomic E-state index is -0.0200. The van der Waals surface area contributed by atoms with Crippen LogP contribution in [-0.2, 0) is 6.42 Å². The molecule has 2 heterocycles. The Hall–Kier alpha value is -1.01. The second-order valence-electron chi connectivity index (χ2n) is 5.91. The van der Waals surface area contributed by atoms with Crippen LogP contribution < -0.4 is 5.32 Å². The van der Waals surface area contributed by atoms with Gasteiger partial charge in [0.1, 0.15) is 4.88 Å². The van der Waals surface area contributed by atoms with Crippen LogP contribution in [0.5, 0.6) is 0 Å². The van der Waals surface area contributed by atoms with E-state index in [2.05, 4.69) is 26.7 Å². The van der Waals surface area contributed by atoms with Gasteiger partial charge < -0.3 is 10.2 Å². The zero-order valence-corrected chi connectivity index (χ0v) is 13.9. The molecule has 1 N–H and O–H groups in total. The van der Waals surface area contributed by atoms with Crippen molar-refractivity contribution in [1.29, 1.82) is 0 Å². The first kappa shape index (κ1) is 16.4. The molecule has 1 aliphatic rings. The molecule has 0 aromatic carbocycles. The summed E-state index contributed by atoms with van der Waals surface area (Å²) in [5.41, 5.74) is 0.805. The van der Waals surface area contributed by atoms with Gasteiger partial charge in [0.25, 0.3) is 5.91 Å². The minimum absolute atomic E-state index is 0.0200. The molecule has 0 saturated carbocycles. The number of hydrogen-bond acceptors (Lipinski definition) is 5. The number of nitrogens with one attached hydrogen (secondary N) is 1. The number of amides is 1. The van der Waals surface area contributed by atoms with Crippen molar-refractivity contribution < 1.29 is 4.79 Å². The Labute approximate surface area is 131 Å². The van der Waals surface area contributed by atoms with E-state index in [0.29, 0.717) is 4.88 Å². The zero-order valence-electron chi connectivity index (χ0n) is 13.1. The predicted octanol–water partition coefficient (Wildman–Crippen LogP) is 2.34. The standard InChI is InChI=1S/C15H26N4OS/c1-3-13-14(21-18-17-13)15(20)16-8-4-5-9-19-10-6-7-12(2)11-19/h12H,3-11H2,1-2H3,(H,16,20). The van der Waals surface area contributed by atoms with Crippen LogP contribution in [0.1, 0.15) is 54.9 Å². The van der Waals surface area contributed by atoms with Gasteiger partial charge in [-0.1, -0.05) is 18.3 Å². The summed E-state index contributed by atoms with van der Waals surface area (Å²) >= 11 is 1.19. The van der Waals surface area contributed by atoms with Gasteiger partial charge in [0.05, 0.1) is 5.69 Å². The number of nitrogens with zero attached hydrogens (tertiary/aromatic N) is 3. The third-order valence-corrected chi connectivity index (χ3v) is 4.79. The summed E-state index contributed by atoms with van der Waals surface area (Å²) in [7, 11) is 0. The highest BCUT2D eigenvalue weighted by Crippen LogP contribution is 2.15. The monoisotopic (exact) mass is 310 g/mol. The molecule has 1 atom stereocenters. The number of rotatable bonds is 7. The Morgan fingerprint density at radius 2 is 2.33 bits per heavy atom. The normalized spacial score (nSPS) is 19.6. The molecular formula is C15H26N4OS. The van der Waals surface area contributed by atoms with Crippen molar-refractivity contribution in [1.82, 2.24) is 19.8 Å². The average molecular weight is 310 g/mol. The summed E-state index contributed by atoms with van der Waals surface area (Å²) in [6.07, 6.45) is 5.64. The first-order valence-corrected chi connectivity index (χ1v) is 8.79. The quantitative estimate of drug-likeness (QED) is 0.785. The number of aromatic nitrogens is 2. The number of likely N-dealkylation sites (tertiary alicyclic amines) is 1. The fraction of sp³-hybridized carbons (Fsp3) is 0.800. The van der Waals surface area contributed by atoms with Gasteiger partial charge >= 0.3 is 0 Å². The number of carbonyl (C=O) groups is 1. The van der Waals surface area contributed by atoms with Crippen molar-refractivity contribution in [3.05, 3.63) is 10.6 Å². The molecule has 1 aromatic rings. The molecule has 1 fully saturated rings. The van der Waals surface area contributed by atoms with Gasteiger partial charge in [-0.15, -0.1) is 5.10 Å².